The summed E-state index contributed by atoms with van der Waals surface area (Å²) in [4.78, 5) is 3.65. The molecule has 0 aliphatic carbocycles. The van der Waals surface area contributed by atoms with Gasteiger partial charge < -0.3 is 4.18 Å². The van der Waals surface area contributed by atoms with Crippen molar-refractivity contribution in [3.63, 3.8) is 0 Å². The maximum Gasteiger partial charge on any atom is 0.339 e. The molecule has 7 heteroatoms. The minimum Gasteiger partial charge on any atom is -0.377 e. The van der Waals surface area contributed by atoms with Crippen LogP contribution < -0.4 is 4.18 Å². The number of aromatic nitrogens is 1. The van der Waals surface area contributed by atoms with Gasteiger partial charge in [0.05, 0.1) is 6.20 Å². The van der Waals surface area contributed by atoms with Crippen LogP contribution in [0.1, 0.15) is 0 Å². The van der Waals surface area contributed by atoms with Crippen LogP contribution in [0, 0.1) is 0 Å². The smallest absolute Gasteiger partial charge is 0.339 e. The van der Waals surface area contributed by atoms with Crippen LogP contribution >= 0.6 is 23.2 Å². The summed E-state index contributed by atoms with van der Waals surface area (Å²) in [5, 5.41) is 0.437. The molecular formula is C11H7Cl2NO3S. The van der Waals surface area contributed by atoms with Gasteiger partial charge in [0.25, 0.3) is 0 Å². The molecule has 2 rings (SSSR count). The summed E-state index contributed by atoms with van der Waals surface area (Å²) < 4.78 is 28.8. The molecule has 94 valence electrons. The molecule has 0 unspecified atom stereocenters. The second-order valence-electron chi connectivity index (χ2n) is 3.33. The van der Waals surface area contributed by atoms with E-state index in [1.165, 1.54) is 36.7 Å². The van der Waals surface area contributed by atoms with Gasteiger partial charge in [-0.15, -0.1) is 0 Å². The van der Waals surface area contributed by atoms with Crippen molar-refractivity contribution in [3.8, 4) is 5.75 Å². The number of hydrogen-bond donors (Lipinski definition) is 0. The SMILES string of the molecule is O=S(=O)(Oc1cccnc1)c1cc(Cl)cc(Cl)c1. The third-order valence-corrected chi connectivity index (χ3v) is 3.63. The van der Waals surface area contributed by atoms with Crippen LogP contribution in [-0.2, 0) is 10.1 Å². The van der Waals surface area contributed by atoms with E-state index in [4.69, 9.17) is 27.4 Å². The van der Waals surface area contributed by atoms with Crippen molar-refractivity contribution in [2.45, 2.75) is 4.90 Å². The Morgan fingerprint density at radius 3 is 2.33 bits per heavy atom. The summed E-state index contributed by atoms with van der Waals surface area (Å²) in [7, 11) is -3.97. The van der Waals surface area contributed by atoms with Crippen LogP contribution in [-0.4, -0.2) is 13.4 Å². The van der Waals surface area contributed by atoms with E-state index in [2.05, 4.69) is 4.98 Å². The van der Waals surface area contributed by atoms with Crippen LogP contribution in [0.4, 0.5) is 0 Å². The van der Waals surface area contributed by atoms with Gasteiger partial charge in [-0.05, 0) is 30.3 Å². The second kappa shape index (κ2) is 5.14. The maximum atomic E-state index is 11.9. The Kier molecular flexibility index (Phi) is 3.75. The van der Waals surface area contributed by atoms with E-state index >= 15 is 0 Å². The molecule has 1 aromatic carbocycles. The van der Waals surface area contributed by atoms with Gasteiger partial charge in [0.1, 0.15) is 4.90 Å². The lowest BCUT2D eigenvalue weighted by Crippen LogP contribution is -2.09. The number of halogens is 2. The normalized spacial score (nSPS) is 11.2. The van der Waals surface area contributed by atoms with Gasteiger partial charge >= 0.3 is 10.1 Å². The molecule has 0 spiro atoms. The van der Waals surface area contributed by atoms with E-state index in [0.717, 1.165) is 0 Å². The van der Waals surface area contributed by atoms with Gasteiger partial charge in [-0.3, -0.25) is 4.98 Å². The molecule has 0 aliphatic heterocycles. The quantitative estimate of drug-likeness (QED) is 0.817. The number of pyridine rings is 1. The zero-order chi connectivity index (χ0) is 13.2. The minimum absolute atomic E-state index is 0.108. The molecule has 0 bridgehead atoms. The Morgan fingerprint density at radius 2 is 1.78 bits per heavy atom. The Hall–Kier alpha value is -1.30. The monoisotopic (exact) mass is 303 g/mol. The molecule has 0 saturated carbocycles. The van der Waals surface area contributed by atoms with Crippen LogP contribution in [0.15, 0.2) is 47.6 Å². The fourth-order valence-electron chi connectivity index (χ4n) is 1.24. The Balaban J connectivity index is 2.37. The van der Waals surface area contributed by atoms with Crippen LogP contribution in [0.5, 0.6) is 5.75 Å². The standard InChI is InChI=1S/C11H7Cl2NO3S/c12-8-4-9(13)6-11(5-8)18(15,16)17-10-2-1-3-14-7-10/h1-7H. The average Bonchev–Trinajstić information content (AvgIpc) is 2.28. The minimum atomic E-state index is -3.97. The van der Waals surface area contributed by atoms with Crippen LogP contribution in [0.3, 0.4) is 0 Å². The van der Waals surface area contributed by atoms with Crippen molar-refractivity contribution >= 4 is 33.3 Å². The predicted molar refractivity (Wildman–Crippen MR) is 68.5 cm³/mol. The van der Waals surface area contributed by atoms with E-state index in [1.54, 1.807) is 6.07 Å². The van der Waals surface area contributed by atoms with Gasteiger partial charge in [-0.25, -0.2) is 0 Å². The number of benzene rings is 1. The molecule has 0 amide bonds. The summed E-state index contributed by atoms with van der Waals surface area (Å²) >= 11 is 11.5. The summed E-state index contributed by atoms with van der Waals surface area (Å²) in [5.41, 5.74) is 0. The van der Waals surface area contributed by atoms with Crippen LogP contribution in [0.2, 0.25) is 10.0 Å². The average molecular weight is 304 g/mol. The molecule has 1 aromatic heterocycles. The molecule has 4 nitrogen and oxygen atoms in total. The van der Waals surface area contributed by atoms with E-state index in [9.17, 15) is 8.42 Å². The topological polar surface area (TPSA) is 56.3 Å². The highest BCUT2D eigenvalue weighted by Crippen LogP contribution is 2.24. The van der Waals surface area contributed by atoms with Crippen molar-refractivity contribution in [1.82, 2.24) is 4.98 Å². The summed E-state index contributed by atoms with van der Waals surface area (Å²) in [6, 6.07) is 7.01. The lowest BCUT2D eigenvalue weighted by Gasteiger charge is -2.07. The Labute approximate surface area is 114 Å². The molecule has 18 heavy (non-hydrogen) atoms. The van der Waals surface area contributed by atoms with Crippen molar-refractivity contribution in [2.75, 3.05) is 0 Å². The third kappa shape index (κ3) is 3.13. The first-order valence-corrected chi connectivity index (χ1v) is 6.94. The fraction of sp³-hybridized carbons (Fsp3) is 0. The van der Waals surface area contributed by atoms with Gasteiger partial charge in [0.2, 0.25) is 0 Å². The molecule has 0 radical (unpaired) electrons. The highest BCUT2D eigenvalue weighted by molar-refractivity contribution is 7.87. The van der Waals surface area contributed by atoms with E-state index in [1.807, 2.05) is 0 Å². The van der Waals surface area contributed by atoms with Crippen molar-refractivity contribution in [3.05, 3.63) is 52.8 Å². The zero-order valence-corrected chi connectivity index (χ0v) is 11.2. The first kappa shape index (κ1) is 13.1. The van der Waals surface area contributed by atoms with Crippen LogP contribution in [0.25, 0.3) is 0 Å². The van der Waals surface area contributed by atoms with E-state index in [-0.39, 0.29) is 20.7 Å². The molecular weight excluding hydrogens is 297 g/mol. The maximum absolute atomic E-state index is 11.9. The van der Waals surface area contributed by atoms with Gasteiger partial charge in [0, 0.05) is 16.2 Å². The highest BCUT2D eigenvalue weighted by atomic mass is 35.5. The molecule has 0 saturated heterocycles. The summed E-state index contributed by atoms with van der Waals surface area (Å²) in [6.45, 7) is 0. The van der Waals surface area contributed by atoms with E-state index < -0.39 is 10.1 Å². The molecule has 0 atom stereocenters. The molecule has 0 fully saturated rings. The Morgan fingerprint density at radius 1 is 1.11 bits per heavy atom. The fourth-order valence-corrected chi connectivity index (χ4v) is 2.89. The zero-order valence-electron chi connectivity index (χ0n) is 8.88. The largest absolute Gasteiger partial charge is 0.377 e. The molecule has 0 aliphatic rings. The lowest BCUT2D eigenvalue weighted by atomic mass is 10.4. The van der Waals surface area contributed by atoms with Gasteiger partial charge in [-0.2, -0.15) is 8.42 Å². The number of nitrogens with zero attached hydrogens (tertiary/aromatic N) is 1. The first-order chi connectivity index (χ1) is 8.47. The first-order valence-electron chi connectivity index (χ1n) is 4.78. The van der Waals surface area contributed by atoms with Crippen molar-refractivity contribution in [2.24, 2.45) is 0 Å². The molecule has 1 heterocycles. The highest BCUT2D eigenvalue weighted by Gasteiger charge is 2.18. The molecule has 2 aromatic rings. The lowest BCUT2D eigenvalue weighted by molar-refractivity contribution is 0.485. The number of hydrogen-bond acceptors (Lipinski definition) is 4. The van der Waals surface area contributed by atoms with E-state index in [0.29, 0.717) is 0 Å². The van der Waals surface area contributed by atoms with Gasteiger partial charge in [-0.1, -0.05) is 23.2 Å². The second-order valence-corrected chi connectivity index (χ2v) is 5.75. The number of rotatable bonds is 3. The van der Waals surface area contributed by atoms with Crippen molar-refractivity contribution in [1.29, 1.82) is 0 Å². The van der Waals surface area contributed by atoms with Crippen molar-refractivity contribution < 1.29 is 12.6 Å². The van der Waals surface area contributed by atoms with Gasteiger partial charge in [0.15, 0.2) is 5.75 Å². The predicted octanol–water partition coefficient (Wildman–Crippen LogP) is 3.16. The Bertz CT molecular complexity index is 639. The molecule has 0 N–H and O–H groups in total. The summed E-state index contributed by atoms with van der Waals surface area (Å²) in [5.74, 6) is 0.119. The summed E-state index contributed by atoms with van der Waals surface area (Å²) in [6.07, 6.45) is 2.80. The third-order valence-electron chi connectivity index (χ3n) is 1.97.